The van der Waals surface area contributed by atoms with E-state index in [9.17, 15) is 4.79 Å². The summed E-state index contributed by atoms with van der Waals surface area (Å²) in [5.74, 6) is 1.97. The van der Waals surface area contributed by atoms with E-state index in [0.717, 1.165) is 11.3 Å². The number of aromatic nitrogens is 4. The molecule has 0 spiro atoms. The minimum Gasteiger partial charge on any atom is -0.493 e. The second-order valence-corrected chi connectivity index (χ2v) is 8.44. The fraction of sp³-hybridized carbons (Fsp3) is 0.182. The highest BCUT2D eigenvalue weighted by Gasteiger charge is 2.14. The summed E-state index contributed by atoms with van der Waals surface area (Å²) in [5.41, 5.74) is 1.85. The van der Waals surface area contributed by atoms with E-state index >= 15 is 0 Å². The van der Waals surface area contributed by atoms with E-state index in [4.69, 9.17) is 9.47 Å². The highest BCUT2D eigenvalue weighted by Crippen LogP contribution is 2.27. The van der Waals surface area contributed by atoms with Crippen LogP contribution in [-0.4, -0.2) is 38.5 Å². The van der Waals surface area contributed by atoms with Gasteiger partial charge in [-0.2, -0.15) is 0 Å². The molecule has 0 aliphatic heterocycles. The van der Waals surface area contributed by atoms with Crippen LogP contribution in [0.25, 0.3) is 11.3 Å². The SMILES string of the molecule is COc1ccccc1OCc1nnc(SCC(=O)Nc2nc(-c3ccccc3)cs2)n1C. The van der Waals surface area contributed by atoms with Crippen molar-refractivity contribution in [1.82, 2.24) is 19.7 Å². The highest BCUT2D eigenvalue weighted by atomic mass is 32.2. The molecule has 0 atom stereocenters. The number of hydrogen-bond acceptors (Lipinski definition) is 8. The van der Waals surface area contributed by atoms with Crippen molar-refractivity contribution in [3.63, 3.8) is 0 Å². The van der Waals surface area contributed by atoms with Crippen LogP contribution in [0.5, 0.6) is 11.5 Å². The van der Waals surface area contributed by atoms with Crippen LogP contribution in [0.2, 0.25) is 0 Å². The van der Waals surface area contributed by atoms with Gasteiger partial charge in [0, 0.05) is 18.0 Å². The Morgan fingerprint density at radius 3 is 2.62 bits per heavy atom. The first kappa shape index (κ1) is 21.8. The van der Waals surface area contributed by atoms with Gasteiger partial charge in [0.1, 0.15) is 6.61 Å². The van der Waals surface area contributed by atoms with Crippen LogP contribution in [-0.2, 0) is 18.4 Å². The summed E-state index contributed by atoms with van der Waals surface area (Å²) in [4.78, 5) is 16.9. The average Bonchev–Trinajstić information content (AvgIpc) is 3.43. The van der Waals surface area contributed by atoms with Crippen LogP contribution < -0.4 is 14.8 Å². The molecule has 4 rings (SSSR count). The number of anilines is 1. The fourth-order valence-electron chi connectivity index (χ4n) is 2.83. The van der Waals surface area contributed by atoms with E-state index in [1.54, 1.807) is 7.11 Å². The number of ether oxygens (including phenoxy) is 2. The molecule has 0 radical (unpaired) electrons. The van der Waals surface area contributed by atoms with E-state index < -0.39 is 0 Å². The van der Waals surface area contributed by atoms with Gasteiger partial charge in [0.15, 0.2) is 27.6 Å². The molecule has 0 bridgehead atoms. The van der Waals surface area contributed by atoms with Gasteiger partial charge in [-0.1, -0.05) is 54.2 Å². The summed E-state index contributed by atoms with van der Waals surface area (Å²) in [6.45, 7) is 0.234. The quantitative estimate of drug-likeness (QED) is 0.368. The summed E-state index contributed by atoms with van der Waals surface area (Å²) in [5, 5.41) is 14.3. The van der Waals surface area contributed by atoms with Crippen molar-refractivity contribution in [3.8, 4) is 22.8 Å². The standard InChI is InChI=1S/C22H21N5O3S2/c1-27-19(12-30-18-11-7-6-10-17(18)29-2)25-26-22(27)32-14-20(28)24-21-23-16(13-31-21)15-8-4-3-5-9-15/h3-11,13H,12,14H2,1-2H3,(H,23,24,28). The lowest BCUT2D eigenvalue weighted by Crippen LogP contribution is -2.14. The summed E-state index contributed by atoms with van der Waals surface area (Å²) >= 11 is 2.70. The molecule has 0 saturated carbocycles. The molecule has 4 aromatic rings. The van der Waals surface area contributed by atoms with Crippen LogP contribution in [0.1, 0.15) is 5.82 Å². The van der Waals surface area contributed by atoms with Crippen molar-refractivity contribution < 1.29 is 14.3 Å². The molecule has 8 nitrogen and oxygen atoms in total. The highest BCUT2D eigenvalue weighted by molar-refractivity contribution is 7.99. The fourth-order valence-corrected chi connectivity index (χ4v) is 4.30. The zero-order chi connectivity index (χ0) is 22.3. The number of thioether (sulfide) groups is 1. The molecule has 2 heterocycles. The molecule has 0 aliphatic carbocycles. The summed E-state index contributed by atoms with van der Waals surface area (Å²) in [7, 11) is 3.44. The van der Waals surface area contributed by atoms with Crippen LogP contribution in [0.15, 0.2) is 65.1 Å². The van der Waals surface area contributed by atoms with E-state index in [1.807, 2.05) is 71.6 Å². The summed E-state index contributed by atoms with van der Waals surface area (Å²) in [6.07, 6.45) is 0. The Morgan fingerprint density at radius 1 is 1.09 bits per heavy atom. The Morgan fingerprint density at radius 2 is 1.84 bits per heavy atom. The molecule has 0 unspecified atom stereocenters. The van der Waals surface area contributed by atoms with Crippen molar-refractivity contribution >= 4 is 34.1 Å². The van der Waals surface area contributed by atoms with Crippen molar-refractivity contribution in [2.75, 3.05) is 18.2 Å². The van der Waals surface area contributed by atoms with Crippen molar-refractivity contribution in [1.29, 1.82) is 0 Å². The van der Waals surface area contributed by atoms with Gasteiger partial charge in [-0.25, -0.2) is 4.98 Å². The van der Waals surface area contributed by atoms with Gasteiger partial charge in [0.05, 0.1) is 18.6 Å². The largest absolute Gasteiger partial charge is 0.493 e. The molecule has 0 fully saturated rings. The third-order valence-corrected chi connectivity index (χ3v) is 6.28. The molecule has 2 aromatic carbocycles. The zero-order valence-corrected chi connectivity index (χ0v) is 19.2. The monoisotopic (exact) mass is 467 g/mol. The third kappa shape index (κ3) is 5.27. The van der Waals surface area contributed by atoms with Crippen LogP contribution in [0, 0.1) is 0 Å². The first-order chi connectivity index (χ1) is 15.6. The molecule has 164 valence electrons. The molecule has 0 saturated heterocycles. The van der Waals surface area contributed by atoms with Crippen molar-refractivity contribution in [2.24, 2.45) is 7.05 Å². The van der Waals surface area contributed by atoms with Gasteiger partial charge < -0.3 is 19.4 Å². The normalized spacial score (nSPS) is 10.7. The Bertz CT molecular complexity index is 1190. The second kappa shape index (κ2) is 10.3. The van der Waals surface area contributed by atoms with Gasteiger partial charge in [-0.3, -0.25) is 4.79 Å². The predicted octanol–water partition coefficient (Wildman–Crippen LogP) is 4.26. The van der Waals surface area contributed by atoms with Gasteiger partial charge in [-0.05, 0) is 12.1 Å². The smallest absolute Gasteiger partial charge is 0.236 e. The molecular formula is C22H21N5O3S2. The molecular weight excluding hydrogens is 446 g/mol. The molecule has 2 aromatic heterocycles. The number of para-hydroxylation sites is 2. The van der Waals surface area contributed by atoms with E-state index in [1.165, 1.54) is 23.1 Å². The molecule has 0 aliphatic rings. The van der Waals surface area contributed by atoms with Gasteiger partial charge >= 0.3 is 0 Å². The number of hydrogen-bond donors (Lipinski definition) is 1. The van der Waals surface area contributed by atoms with Crippen LogP contribution in [0.3, 0.4) is 0 Å². The number of rotatable bonds is 9. The summed E-state index contributed by atoms with van der Waals surface area (Å²) in [6, 6.07) is 17.3. The Kier molecular flexibility index (Phi) is 7.03. The lowest BCUT2D eigenvalue weighted by atomic mass is 10.2. The molecule has 10 heteroatoms. The Hall–Kier alpha value is -3.37. The predicted molar refractivity (Wildman–Crippen MR) is 125 cm³/mol. The van der Waals surface area contributed by atoms with E-state index in [-0.39, 0.29) is 18.3 Å². The van der Waals surface area contributed by atoms with Gasteiger partial charge in [-0.15, -0.1) is 21.5 Å². The molecule has 1 amide bonds. The summed E-state index contributed by atoms with van der Waals surface area (Å²) < 4.78 is 12.9. The van der Waals surface area contributed by atoms with Gasteiger partial charge in [0.2, 0.25) is 5.91 Å². The minimum absolute atomic E-state index is 0.154. The molecule has 32 heavy (non-hydrogen) atoms. The zero-order valence-electron chi connectivity index (χ0n) is 17.5. The number of methoxy groups -OCH3 is 1. The Balaban J connectivity index is 1.30. The number of nitrogens with one attached hydrogen (secondary N) is 1. The number of carbonyl (C=O) groups is 1. The molecule has 1 N–H and O–H groups in total. The number of thiazole rings is 1. The third-order valence-electron chi connectivity index (χ3n) is 4.50. The second-order valence-electron chi connectivity index (χ2n) is 6.64. The first-order valence-electron chi connectivity index (χ1n) is 9.71. The number of benzene rings is 2. The number of carbonyl (C=O) groups excluding carboxylic acids is 1. The maximum absolute atomic E-state index is 12.4. The Labute approximate surface area is 193 Å². The number of nitrogens with zero attached hydrogens (tertiary/aromatic N) is 4. The van der Waals surface area contributed by atoms with Crippen LogP contribution in [0.4, 0.5) is 5.13 Å². The van der Waals surface area contributed by atoms with Crippen LogP contribution >= 0.6 is 23.1 Å². The lowest BCUT2D eigenvalue weighted by molar-refractivity contribution is -0.113. The topological polar surface area (TPSA) is 91.2 Å². The number of amides is 1. The van der Waals surface area contributed by atoms with E-state index in [2.05, 4.69) is 20.5 Å². The van der Waals surface area contributed by atoms with Crippen molar-refractivity contribution in [2.45, 2.75) is 11.8 Å². The average molecular weight is 468 g/mol. The van der Waals surface area contributed by atoms with E-state index in [0.29, 0.717) is 27.6 Å². The van der Waals surface area contributed by atoms with Crippen molar-refractivity contribution in [3.05, 3.63) is 65.8 Å². The maximum atomic E-state index is 12.4. The minimum atomic E-state index is -0.154. The van der Waals surface area contributed by atoms with Gasteiger partial charge in [0.25, 0.3) is 0 Å². The first-order valence-corrected chi connectivity index (χ1v) is 11.6. The maximum Gasteiger partial charge on any atom is 0.236 e. The lowest BCUT2D eigenvalue weighted by Gasteiger charge is -2.10.